The summed E-state index contributed by atoms with van der Waals surface area (Å²) < 4.78 is 13.3. The van der Waals surface area contributed by atoms with Crippen LogP contribution in [-0.2, 0) is 6.54 Å². The molecule has 0 amide bonds. The van der Waals surface area contributed by atoms with Crippen molar-refractivity contribution in [3.05, 3.63) is 35.1 Å². The fourth-order valence-electron chi connectivity index (χ4n) is 2.48. The van der Waals surface area contributed by atoms with Crippen LogP contribution in [-0.4, -0.2) is 30.1 Å². The van der Waals surface area contributed by atoms with Crippen LogP contribution in [0.2, 0.25) is 0 Å². The Kier molecular flexibility index (Phi) is 3.95. The van der Waals surface area contributed by atoms with Crippen molar-refractivity contribution in [3.8, 4) is 6.07 Å². The lowest BCUT2D eigenvalue weighted by Gasteiger charge is -2.39. The summed E-state index contributed by atoms with van der Waals surface area (Å²) >= 11 is 0. The zero-order valence-corrected chi connectivity index (χ0v) is 10.8. The molecule has 1 aromatic rings. The van der Waals surface area contributed by atoms with Crippen LogP contribution in [0.3, 0.4) is 0 Å². The second-order valence-electron chi connectivity index (χ2n) is 4.94. The molecule has 1 fully saturated rings. The molecule has 1 saturated heterocycles. The number of nitrogens with one attached hydrogen (secondary N) is 1. The van der Waals surface area contributed by atoms with Gasteiger partial charge in [0.1, 0.15) is 5.82 Å². The molecule has 1 aliphatic heterocycles. The van der Waals surface area contributed by atoms with Crippen molar-refractivity contribution in [2.24, 2.45) is 0 Å². The summed E-state index contributed by atoms with van der Waals surface area (Å²) in [6.45, 7) is 6.79. The average molecular weight is 247 g/mol. The van der Waals surface area contributed by atoms with E-state index in [4.69, 9.17) is 5.26 Å². The maximum Gasteiger partial charge on any atom is 0.123 e. The molecule has 0 aromatic heterocycles. The van der Waals surface area contributed by atoms with Crippen LogP contribution >= 0.6 is 0 Å². The summed E-state index contributed by atoms with van der Waals surface area (Å²) in [6.07, 6.45) is 0. The fourth-order valence-corrected chi connectivity index (χ4v) is 2.48. The quantitative estimate of drug-likeness (QED) is 0.867. The van der Waals surface area contributed by atoms with Crippen molar-refractivity contribution < 1.29 is 4.39 Å². The minimum Gasteiger partial charge on any atom is -0.314 e. The highest BCUT2D eigenvalue weighted by Gasteiger charge is 2.25. The van der Waals surface area contributed by atoms with Gasteiger partial charge in [0.05, 0.1) is 11.6 Å². The van der Waals surface area contributed by atoms with Gasteiger partial charge in [0, 0.05) is 31.7 Å². The van der Waals surface area contributed by atoms with Crippen LogP contribution in [0.1, 0.15) is 25.0 Å². The topological polar surface area (TPSA) is 39.1 Å². The monoisotopic (exact) mass is 247 g/mol. The maximum atomic E-state index is 13.3. The number of piperazine rings is 1. The van der Waals surface area contributed by atoms with Gasteiger partial charge in [-0.25, -0.2) is 4.39 Å². The second kappa shape index (κ2) is 5.47. The zero-order chi connectivity index (χ0) is 13.1. The summed E-state index contributed by atoms with van der Waals surface area (Å²) in [5.74, 6) is -0.278. The van der Waals surface area contributed by atoms with Crippen LogP contribution in [0.15, 0.2) is 18.2 Å². The number of hydrogen-bond donors (Lipinski definition) is 1. The molecule has 1 heterocycles. The molecule has 1 N–H and O–H groups in total. The number of halogens is 1. The summed E-state index contributed by atoms with van der Waals surface area (Å²) in [5, 5.41) is 12.4. The molecule has 96 valence electrons. The molecule has 2 unspecified atom stereocenters. The van der Waals surface area contributed by atoms with Gasteiger partial charge in [0.15, 0.2) is 0 Å². The Morgan fingerprint density at radius 1 is 1.39 bits per heavy atom. The Morgan fingerprint density at radius 3 is 2.67 bits per heavy atom. The summed E-state index contributed by atoms with van der Waals surface area (Å²) in [6, 6.07) is 7.29. The zero-order valence-electron chi connectivity index (χ0n) is 10.8. The normalized spacial score (nSPS) is 24.8. The summed E-state index contributed by atoms with van der Waals surface area (Å²) in [7, 11) is 0. The molecule has 2 rings (SSSR count). The highest BCUT2D eigenvalue weighted by Crippen LogP contribution is 2.18. The maximum absolute atomic E-state index is 13.3. The van der Waals surface area contributed by atoms with E-state index in [1.807, 2.05) is 0 Å². The third kappa shape index (κ3) is 2.69. The van der Waals surface area contributed by atoms with E-state index in [1.165, 1.54) is 12.1 Å². The number of nitriles is 1. The Bertz CT molecular complexity index is 457. The van der Waals surface area contributed by atoms with Crippen molar-refractivity contribution in [2.45, 2.75) is 32.5 Å². The van der Waals surface area contributed by atoms with Gasteiger partial charge >= 0.3 is 0 Å². The van der Waals surface area contributed by atoms with Crippen LogP contribution in [0.5, 0.6) is 0 Å². The van der Waals surface area contributed by atoms with Crippen LogP contribution in [0.25, 0.3) is 0 Å². The van der Waals surface area contributed by atoms with Crippen molar-refractivity contribution in [2.75, 3.05) is 13.1 Å². The van der Waals surface area contributed by atoms with E-state index in [0.717, 1.165) is 18.7 Å². The van der Waals surface area contributed by atoms with Crippen molar-refractivity contribution >= 4 is 0 Å². The molecule has 1 aliphatic rings. The predicted octanol–water partition coefficient (Wildman–Crippen LogP) is 1.88. The smallest absolute Gasteiger partial charge is 0.123 e. The highest BCUT2D eigenvalue weighted by atomic mass is 19.1. The summed E-state index contributed by atoms with van der Waals surface area (Å²) in [5.41, 5.74) is 1.34. The molecular weight excluding hydrogens is 229 g/mol. The van der Waals surface area contributed by atoms with Gasteiger partial charge in [-0.2, -0.15) is 5.26 Å². The van der Waals surface area contributed by atoms with Crippen LogP contribution < -0.4 is 5.32 Å². The summed E-state index contributed by atoms with van der Waals surface area (Å²) in [4.78, 5) is 2.31. The van der Waals surface area contributed by atoms with Gasteiger partial charge in [-0.05, 0) is 37.6 Å². The van der Waals surface area contributed by atoms with Crippen molar-refractivity contribution in [3.63, 3.8) is 0 Å². The Hall–Kier alpha value is -1.44. The lowest BCUT2D eigenvalue weighted by Crippen LogP contribution is -2.54. The molecule has 0 bridgehead atoms. The SMILES string of the molecule is CC1CNCC(C)N1Cc1cc(F)ccc1C#N. The van der Waals surface area contributed by atoms with Gasteiger partial charge in [0.2, 0.25) is 0 Å². The Balaban J connectivity index is 2.22. The van der Waals surface area contributed by atoms with Gasteiger partial charge in [-0.3, -0.25) is 4.90 Å². The predicted molar refractivity (Wildman–Crippen MR) is 68.5 cm³/mol. The first-order valence-corrected chi connectivity index (χ1v) is 6.27. The molecule has 0 radical (unpaired) electrons. The number of rotatable bonds is 2. The lowest BCUT2D eigenvalue weighted by atomic mass is 10.0. The van der Waals surface area contributed by atoms with Crippen molar-refractivity contribution in [1.29, 1.82) is 5.26 Å². The van der Waals surface area contributed by atoms with E-state index in [9.17, 15) is 4.39 Å². The lowest BCUT2D eigenvalue weighted by molar-refractivity contribution is 0.108. The van der Waals surface area contributed by atoms with Crippen LogP contribution in [0.4, 0.5) is 4.39 Å². The third-order valence-corrected chi connectivity index (χ3v) is 3.55. The fraction of sp³-hybridized carbons (Fsp3) is 0.500. The van der Waals surface area contributed by atoms with E-state index >= 15 is 0 Å². The van der Waals surface area contributed by atoms with E-state index in [1.54, 1.807) is 6.07 Å². The molecule has 4 heteroatoms. The van der Waals surface area contributed by atoms with Crippen LogP contribution in [0, 0.1) is 17.1 Å². The van der Waals surface area contributed by atoms with Gasteiger partial charge in [-0.1, -0.05) is 0 Å². The molecule has 0 spiro atoms. The Morgan fingerprint density at radius 2 is 2.06 bits per heavy atom. The molecule has 1 aromatic carbocycles. The van der Waals surface area contributed by atoms with E-state index in [2.05, 4.69) is 30.1 Å². The largest absolute Gasteiger partial charge is 0.314 e. The molecule has 3 nitrogen and oxygen atoms in total. The van der Waals surface area contributed by atoms with E-state index < -0.39 is 0 Å². The molecule has 0 aliphatic carbocycles. The minimum atomic E-state index is -0.278. The standard InChI is InChI=1S/C14H18FN3/c1-10-7-17-8-11(2)18(10)9-13-5-14(15)4-3-12(13)6-16/h3-5,10-11,17H,7-9H2,1-2H3. The van der Waals surface area contributed by atoms with Crippen molar-refractivity contribution in [1.82, 2.24) is 10.2 Å². The second-order valence-corrected chi connectivity index (χ2v) is 4.94. The van der Waals surface area contributed by atoms with Gasteiger partial charge < -0.3 is 5.32 Å². The Labute approximate surface area is 107 Å². The first kappa shape index (κ1) is 13.0. The third-order valence-electron chi connectivity index (χ3n) is 3.55. The minimum absolute atomic E-state index is 0.278. The number of nitrogens with zero attached hydrogens (tertiary/aromatic N) is 2. The van der Waals surface area contributed by atoms with Gasteiger partial charge in [-0.15, -0.1) is 0 Å². The van der Waals surface area contributed by atoms with Gasteiger partial charge in [0.25, 0.3) is 0 Å². The first-order valence-electron chi connectivity index (χ1n) is 6.27. The van der Waals surface area contributed by atoms with E-state index in [-0.39, 0.29) is 5.82 Å². The van der Waals surface area contributed by atoms with E-state index in [0.29, 0.717) is 24.2 Å². The average Bonchev–Trinajstić information content (AvgIpc) is 2.34. The molecule has 0 saturated carbocycles. The molecule has 2 atom stereocenters. The first-order chi connectivity index (χ1) is 8.61. The molecular formula is C14H18FN3. The highest BCUT2D eigenvalue weighted by molar-refractivity contribution is 5.37. The number of benzene rings is 1. The molecule has 18 heavy (non-hydrogen) atoms. The number of hydrogen-bond acceptors (Lipinski definition) is 3.